The first-order valence-corrected chi connectivity index (χ1v) is 7.08. The number of nitrogens with zero attached hydrogens (tertiary/aromatic N) is 3. The molecule has 3 rings (SSSR count). The van der Waals surface area contributed by atoms with E-state index in [0.29, 0.717) is 0 Å². The highest BCUT2D eigenvalue weighted by atomic mass is 16.5. The van der Waals surface area contributed by atoms with Gasteiger partial charge in [-0.3, -0.25) is 9.58 Å². The van der Waals surface area contributed by atoms with Crippen molar-refractivity contribution >= 4 is 0 Å². The second kappa shape index (κ2) is 5.29. The summed E-state index contributed by atoms with van der Waals surface area (Å²) in [5.74, 6) is 1.02. The van der Waals surface area contributed by atoms with Gasteiger partial charge in [0.15, 0.2) is 0 Å². The first-order chi connectivity index (χ1) is 9.61. The van der Waals surface area contributed by atoms with Gasteiger partial charge in [-0.05, 0) is 19.9 Å². The second-order valence-electron chi connectivity index (χ2n) is 5.62. The molecule has 1 aromatic heterocycles. The maximum Gasteiger partial charge on any atom is 0.124 e. The number of hydrogen-bond acceptors (Lipinski definition) is 3. The lowest BCUT2D eigenvalue weighted by Gasteiger charge is -2.21. The normalized spacial score (nSPS) is 19.2. The van der Waals surface area contributed by atoms with Crippen LogP contribution in [0.2, 0.25) is 0 Å². The van der Waals surface area contributed by atoms with Crippen LogP contribution in [0.25, 0.3) is 0 Å². The number of aryl methyl sites for hydroxylation is 2. The Morgan fingerprint density at radius 1 is 1.35 bits per heavy atom. The lowest BCUT2D eigenvalue weighted by atomic mass is 10.1. The standard InChI is InChI=1S/C16H21N3O/c1-12-8-19(11-15-9-18(3)17-13(15)2)10-14-6-4-5-7-16(14)20-12/h4-7,9,12H,8,10-11H2,1-3H3. The van der Waals surface area contributed by atoms with Crippen molar-refractivity contribution in [2.75, 3.05) is 6.54 Å². The van der Waals surface area contributed by atoms with Crippen LogP contribution in [0.1, 0.15) is 23.7 Å². The van der Waals surface area contributed by atoms with Crippen LogP contribution in [0.5, 0.6) is 5.75 Å². The molecule has 0 aliphatic carbocycles. The number of hydrogen-bond donors (Lipinski definition) is 0. The van der Waals surface area contributed by atoms with Crippen molar-refractivity contribution < 1.29 is 4.74 Å². The maximum absolute atomic E-state index is 6.00. The van der Waals surface area contributed by atoms with Gasteiger partial charge in [0.05, 0.1) is 5.69 Å². The van der Waals surface area contributed by atoms with E-state index in [0.717, 1.165) is 31.1 Å². The SMILES string of the molecule is Cc1nn(C)cc1CN1Cc2ccccc2OC(C)C1. The summed E-state index contributed by atoms with van der Waals surface area (Å²) >= 11 is 0. The van der Waals surface area contributed by atoms with Gasteiger partial charge in [0.1, 0.15) is 11.9 Å². The fraction of sp³-hybridized carbons (Fsp3) is 0.438. The van der Waals surface area contributed by atoms with E-state index in [-0.39, 0.29) is 6.10 Å². The third-order valence-electron chi connectivity index (χ3n) is 3.72. The lowest BCUT2D eigenvalue weighted by Crippen LogP contribution is -2.30. The van der Waals surface area contributed by atoms with E-state index in [9.17, 15) is 0 Å². The van der Waals surface area contributed by atoms with Crippen molar-refractivity contribution in [2.45, 2.75) is 33.0 Å². The molecule has 0 spiro atoms. The van der Waals surface area contributed by atoms with Crippen LogP contribution in [-0.4, -0.2) is 27.3 Å². The molecule has 2 heterocycles. The number of para-hydroxylation sites is 1. The van der Waals surface area contributed by atoms with Crippen LogP contribution in [0, 0.1) is 6.92 Å². The Balaban J connectivity index is 1.82. The predicted octanol–water partition coefficient (Wildman–Crippen LogP) is 2.51. The topological polar surface area (TPSA) is 30.3 Å². The molecule has 0 amide bonds. The lowest BCUT2D eigenvalue weighted by molar-refractivity contribution is 0.156. The van der Waals surface area contributed by atoms with Gasteiger partial charge >= 0.3 is 0 Å². The first-order valence-electron chi connectivity index (χ1n) is 7.08. The highest BCUT2D eigenvalue weighted by Gasteiger charge is 2.20. The summed E-state index contributed by atoms with van der Waals surface area (Å²) in [4.78, 5) is 2.43. The van der Waals surface area contributed by atoms with Crippen LogP contribution < -0.4 is 4.74 Å². The average Bonchev–Trinajstić information content (AvgIpc) is 2.61. The van der Waals surface area contributed by atoms with Crippen LogP contribution in [-0.2, 0) is 20.1 Å². The zero-order valence-corrected chi connectivity index (χ0v) is 12.3. The molecule has 1 aromatic carbocycles. The molecule has 1 aliphatic rings. The smallest absolute Gasteiger partial charge is 0.124 e. The quantitative estimate of drug-likeness (QED) is 0.841. The van der Waals surface area contributed by atoms with Crippen molar-refractivity contribution in [3.63, 3.8) is 0 Å². The highest BCUT2D eigenvalue weighted by Crippen LogP contribution is 2.25. The van der Waals surface area contributed by atoms with Gasteiger partial charge in [0.25, 0.3) is 0 Å². The number of benzene rings is 1. The van der Waals surface area contributed by atoms with Crippen molar-refractivity contribution in [3.8, 4) is 5.75 Å². The molecule has 1 aliphatic heterocycles. The Labute approximate surface area is 120 Å². The number of fused-ring (bicyclic) bond motifs is 1. The van der Waals surface area contributed by atoms with Gasteiger partial charge in [-0.2, -0.15) is 5.10 Å². The molecule has 4 nitrogen and oxygen atoms in total. The molecule has 0 radical (unpaired) electrons. The summed E-state index contributed by atoms with van der Waals surface area (Å²) in [7, 11) is 1.97. The Kier molecular flexibility index (Phi) is 3.49. The largest absolute Gasteiger partial charge is 0.489 e. The second-order valence-corrected chi connectivity index (χ2v) is 5.62. The minimum absolute atomic E-state index is 0.204. The summed E-state index contributed by atoms with van der Waals surface area (Å²) in [5, 5.41) is 4.42. The fourth-order valence-electron chi connectivity index (χ4n) is 2.84. The molecular weight excluding hydrogens is 250 g/mol. The molecule has 1 atom stereocenters. The van der Waals surface area contributed by atoms with Gasteiger partial charge in [-0.1, -0.05) is 18.2 Å². The van der Waals surface area contributed by atoms with E-state index in [1.165, 1.54) is 11.1 Å². The monoisotopic (exact) mass is 271 g/mol. The third kappa shape index (κ3) is 2.70. The van der Waals surface area contributed by atoms with Crippen LogP contribution >= 0.6 is 0 Å². The van der Waals surface area contributed by atoms with Crippen molar-refractivity contribution in [2.24, 2.45) is 7.05 Å². The van der Waals surface area contributed by atoms with Gasteiger partial charge in [-0.15, -0.1) is 0 Å². The summed E-state index contributed by atoms with van der Waals surface area (Å²) < 4.78 is 7.88. The predicted molar refractivity (Wildman–Crippen MR) is 78.6 cm³/mol. The van der Waals surface area contributed by atoms with E-state index in [2.05, 4.69) is 48.2 Å². The first kappa shape index (κ1) is 13.2. The Bertz CT molecular complexity index is 606. The summed E-state index contributed by atoms with van der Waals surface area (Å²) in [5.41, 5.74) is 3.66. The molecule has 0 saturated heterocycles. The van der Waals surface area contributed by atoms with E-state index < -0.39 is 0 Å². The fourth-order valence-corrected chi connectivity index (χ4v) is 2.84. The zero-order chi connectivity index (χ0) is 14.1. The Morgan fingerprint density at radius 2 is 2.15 bits per heavy atom. The minimum Gasteiger partial charge on any atom is -0.489 e. The molecule has 0 bridgehead atoms. The zero-order valence-electron chi connectivity index (χ0n) is 12.3. The number of ether oxygens (including phenoxy) is 1. The molecule has 1 unspecified atom stereocenters. The molecule has 2 aromatic rings. The number of rotatable bonds is 2. The molecule has 0 fully saturated rings. The van der Waals surface area contributed by atoms with E-state index in [1.54, 1.807) is 0 Å². The summed E-state index contributed by atoms with van der Waals surface area (Å²) in [6, 6.07) is 8.32. The van der Waals surface area contributed by atoms with E-state index >= 15 is 0 Å². The van der Waals surface area contributed by atoms with Crippen LogP contribution in [0.4, 0.5) is 0 Å². The van der Waals surface area contributed by atoms with Gasteiger partial charge in [-0.25, -0.2) is 0 Å². The van der Waals surface area contributed by atoms with Crippen LogP contribution in [0.3, 0.4) is 0 Å². The molecule has 106 valence electrons. The average molecular weight is 271 g/mol. The van der Waals surface area contributed by atoms with Crippen molar-refractivity contribution in [1.82, 2.24) is 14.7 Å². The molecule has 4 heteroatoms. The molecule has 0 saturated carbocycles. The summed E-state index contributed by atoms with van der Waals surface area (Å²) in [6.45, 7) is 6.98. The van der Waals surface area contributed by atoms with E-state index in [1.807, 2.05) is 17.8 Å². The Morgan fingerprint density at radius 3 is 2.90 bits per heavy atom. The maximum atomic E-state index is 6.00. The van der Waals surface area contributed by atoms with Crippen molar-refractivity contribution in [3.05, 3.63) is 47.3 Å². The van der Waals surface area contributed by atoms with Gasteiger partial charge in [0, 0.05) is 44.0 Å². The van der Waals surface area contributed by atoms with Crippen molar-refractivity contribution in [1.29, 1.82) is 0 Å². The minimum atomic E-state index is 0.204. The molecule has 0 N–H and O–H groups in total. The van der Waals surface area contributed by atoms with Gasteiger partial charge in [0.2, 0.25) is 0 Å². The van der Waals surface area contributed by atoms with E-state index in [4.69, 9.17) is 4.74 Å². The summed E-state index contributed by atoms with van der Waals surface area (Å²) in [6.07, 6.45) is 2.31. The van der Waals surface area contributed by atoms with Crippen LogP contribution in [0.15, 0.2) is 30.5 Å². The highest BCUT2D eigenvalue weighted by molar-refractivity contribution is 5.34. The molecule has 20 heavy (non-hydrogen) atoms. The Hall–Kier alpha value is -1.81. The molecular formula is C16H21N3O. The van der Waals surface area contributed by atoms with Gasteiger partial charge < -0.3 is 4.74 Å². The third-order valence-corrected chi connectivity index (χ3v) is 3.72. The number of aromatic nitrogens is 2.